The molecule has 0 atom stereocenters. The van der Waals surface area contributed by atoms with Crippen LogP contribution in [-0.2, 0) is 4.74 Å². The third-order valence-corrected chi connectivity index (χ3v) is 1.67. The van der Waals surface area contributed by atoms with E-state index in [4.69, 9.17) is 4.42 Å². The number of carbonyl (C=O) groups is 2. The lowest BCUT2D eigenvalue weighted by atomic mass is 10.2. The molecule has 0 fully saturated rings. The van der Waals surface area contributed by atoms with E-state index >= 15 is 0 Å². The summed E-state index contributed by atoms with van der Waals surface area (Å²) in [7, 11) is 1.28. The number of ketones is 1. The van der Waals surface area contributed by atoms with Crippen LogP contribution in [0.15, 0.2) is 10.5 Å². The molecule has 1 aromatic rings. The van der Waals surface area contributed by atoms with Crippen LogP contribution in [0.1, 0.15) is 33.6 Å². The first-order chi connectivity index (χ1) is 6.06. The van der Waals surface area contributed by atoms with Gasteiger partial charge in [-0.2, -0.15) is 0 Å². The van der Waals surface area contributed by atoms with Gasteiger partial charge in [0.2, 0.25) is 0 Å². The third kappa shape index (κ3) is 1.77. The first-order valence-electron chi connectivity index (χ1n) is 3.76. The van der Waals surface area contributed by atoms with Gasteiger partial charge in [-0.3, -0.25) is 4.79 Å². The first kappa shape index (κ1) is 9.51. The van der Waals surface area contributed by atoms with Crippen molar-refractivity contribution in [3.63, 3.8) is 0 Å². The molecule has 0 aliphatic heterocycles. The van der Waals surface area contributed by atoms with E-state index in [1.807, 2.05) is 0 Å². The van der Waals surface area contributed by atoms with Gasteiger partial charge in [-0.25, -0.2) is 4.79 Å². The highest BCUT2D eigenvalue weighted by Crippen LogP contribution is 2.15. The van der Waals surface area contributed by atoms with E-state index in [2.05, 4.69) is 4.74 Å². The Labute approximate surface area is 75.5 Å². The van der Waals surface area contributed by atoms with Gasteiger partial charge in [0.25, 0.3) is 0 Å². The molecule has 0 saturated carbocycles. The molecule has 0 aromatic carbocycles. The van der Waals surface area contributed by atoms with Crippen molar-refractivity contribution < 1.29 is 18.7 Å². The first-order valence-corrected chi connectivity index (χ1v) is 3.76. The maximum absolute atomic E-state index is 11.1. The zero-order valence-electron chi connectivity index (χ0n) is 7.71. The molecule has 0 saturated heterocycles. The number of methoxy groups -OCH3 is 1. The van der Waals surface area contributed by atoms with Crippen molar-refractivity contribution in [1.29, 1.82) is 0 Å². The molecule has 1 heterocycles. The molecule has 0 bridgehead atoms. The minimum Gasteiger partial charge on any atom is -0.465 e. The van der Waals surface area contributed by atoms with Gasteiger partial charge in [0, 0.05) is 13.0 Å². The summed E-state index contributed by atoms with van der Waals surface area (Å²) in [4.78, 5) is 22.0. The molecular weight excluding hydrogens is 172 g/mol. The summed E-state index contributed by atoms with van der Waals surface area (Å²) in [6.07, 6.45) is 0. The quantitative estimate of drug-likeness (QED) is 0.514. The lowest BCUT2D eigenvalue weighted by molar-refractivity contribution is 0.0598. The number of hydrogen-bond donors (Lipinski definition) is 0. The van der Waals surface area contributed by atoms with Crippen LogP contribution in [0.2, 0.25) is 0 Å². The Hall–Kier alpha value is -1.58. The number of esters is 1. The van der Waals surface area contributed by atoms with Gasteiger partial charge in [0.15, 0.2) is 11.5 Å². The van der Waals surface area contributed by atoms with Crippen LogP contribution < -0.4 is 0 Å². The standard InChI is InChI=1S/C9H10O4/c1-5(10)8-4-7(6(2)13-8)9(11)12-3/h4H,1-3H3. The Morgan fingerprint density at radius 3 is 2.46 bits per heavy atom. The number of Topliss-reactive ketones (excluding diaryl/α,β-unsaturated/α-hetero) is 1. The maximum atomic E-state index is 11.1. The normalized spacial score (nSPS) is 9.77. The molecule has 1 rings (SSSR count). The number of furan rings is 1. The lowest BCUT2D eigenvalue weighted by Crippen LogP contribution is -2.00. The molecule has 1 aromatic heterocycles. The average molecular weight is 182 g/mol. The lowest BCUT2D eigenvalue weighted by Gasteiger charge is -1.93. The minimum absolute atomic E-state index is 0.179. The molecule has 0 unspecified atom stereocenters. The van der Waals surface area contributed by atoms with Crippen LogP contribution in [0.25, 0.3) is 0 Å². The van der Waals surface area contributed by atoms with E-state index in [1.165, 1.54) is 20.1 Å². The molecule has 13 heavy (non-hydrogen) atoms. The Morgan fingerprint density at radius 2 is 2.08 bits per heavy atom. The average Bonchev–Trinajstić information content (AvgIpc) is 2.46. The van der Waals surface area contributed by atoms with Gasteiger partial charge in [-0.15, -0.1) is 0 Å². The molecule has 0 radical (unpaired) electrons. The van der Waals surface area contributed by atoms with E-state index in [0.717, 1.165) is 0 Å². The van der Waals surface area contributed by atoms with Crippen LogP contribution in [-0.4, -0.2) is 18.9 Å². The van der Waals surface area contributed by atoms with Crippen LogP contribution in [0, 0.1) is 6.92 Å². The maximum Gasteiger partial charge on any atom is 0.341 e. The van der Waals surface area contributed by atoms with Crippen molar-refractivity contribution in [2.45, 2.75) is 13.8 Å². The molecule has 0 aliphatic rings. The molecule has 70 valence electrons. The second kappa shape index (κ2) is 3.43. The summed E-state index contributed by atoms with van der Waals surface area (Å²) in [5.74, 6) is -0.123. The number of rotatable bonds is 2. The summed E-state index contributed by atoms with van der Waals surface area (Å²) in [6.45, 7) is 2.98. The van der Waals surface area contributed by atoms with Crippen LogP contribution in [0.5, 0.6) is 0 Å². The molecule has 0 aliphatic carbocycles. The van der Waals surface area contributed by atoms with Gasteiger partial charge in [-0.05, 0) is 6.92 Å². The van der Waals surface area contributed by atoms with E-state index in [-0.39, 0.29) is 11.5 Å². The number of carbonyl (C=O) groups excluding carboxylic acids is 2. The zero-order chi connectivity index (χ0) is 10.0. The molecule has 0 N–H and O–H groups in total. The van der Waals surface area contributed by atoms with Gasteiger partial charge < -0.3 is 9.15 Å². The van der Waals surface area contributed by atoms with Gasteiger partial charge >= 0.3 is 5.97 Å². The summed E-state index contributed by atoms with van der Waals surface area (Å²) in [6, 6.07) is 1.39. The summed E-state index contributed by atoms with van der Waals surface area (Å²) in [5, 5.41) is 0. The number of hydrogen-bond acceptors (Lipinski definition) is 4. The Morgan fingerprint density at radius 1 is 1.46 bits per heavy atom. The van der Waals surface area contributed by atoms with E-state index < -0.39 is 5.97 Å². The van der Waals surface area contributed by atoms with Crippen molar-refractivity contribution in [3.05, 3.63) is 23.2 Å². The number of ether oxygens (including phenoxy) is 1. The van der Waals surface area contributed by atoms with Gasteiger partial charge in [0.05, 0.1) is 7.11 Å². The predicted octanol–water partition coefficient (Wildman–Crippen LogP) is 1.58. The smallest absolute Gasteiger partial charge is 0.341 e. The fraction of sp³-hybridized carbons (Fsp3) is 0.333. The summed E-state index contributed by atoms with van der Waals surface area (Å²) in [5.41, 5.74) is 0.299. The molecule has 0 spiro atoms. The highest BCUT2D eigenvalue weighted by Gasteiger charge is 2.16. The molecule has 4 nitrogen and oxygen atoms in total. The largest absolute Gasteiger partial charge is 0.465 e. The van der Waals surface area contributed by atoms with Crippen molar-refractivity contribution in [2.75, 3.05) is 7.11 Å². The second-order valence-corrected chi connectivity index (χ2v) is 2.63. The van der Waals surface area contributed by atoms with Crippen LogP contribution in [0.4, 0.5) is 0 Å². The van der Waals surface area contributed by atoms with Gasteiger partial charge in [-0.1, -0.05) is 0 Å². The van der Waals surface area contributed by atoms with E-state index in [0.29, 0.717) is 11.3 Å². The van der Waals surface area contributed by atoms with Crippen LogP contribution in [0.3, 0.4) is 0 Å². The Balaban J connectivity index is 3.10. The van der Waals surface area contributed by atoms with E-state index in [9.17, 15) is 9.59 Å². The highest BCUT2D eigenvalue weighted by molar-refractivity contribution is 5.96. The minimum atomic E-state index is -0.492. The molecule has 4 heteroatoms. The molecular formula is C9H10O4. The fourth-order valence-electron chi connectivity index (χ4n) is 0.968. The van der Waals surface area contributed by atoms with Crippen LogP contribution >= 0.6 is 0 Å². The van der Waals surface area contributed by atoms with Crippen molar-refractivity contribution in [2.24, 2.45) is 0 Å². The van der Waals surface area contributed by atoms with E-state index in [1.54, 1.807) is 6.92 Å². The topological polar surface area (TPSA) is 56.5 Å². The Bertz CT molecular complexity index is 348. The van der Waals surface area contributed by atoms with Crippen molar-refractivity contribution >= 4 is 11.8 Å². The zero-order valence-corrected chi connectivity index (χ0v) is 7.71. The summed E-state index contributed by atoms with van der Waals surface area (Å²) >= 11 is 0. The predicted molar refractivity (Wildman–Crippen MR) is 44.8 cm³/mol. The SMILES string of the molecule is COC(=O)c1cc(C(C)=O)oc1C. The monoisotopic (exact) mass is 182 g/mol. The second-order valence-electron chi connectivity index (χ2n) is 2.63. The third-order valence-electron chi connectivity index (χ3n) is 1.67. The fourth-order valence-corrected chi connectivity index (χ4v) is 0.968. The molecule has 0 amide bonds. The van der Waals surface area contributed by atoms with Gasteiger partial charge in [0.1, 0.15) is 11.3 Å². The summed E-state index contributed by atoms with van der Waals surface area (Å²) < 4.78 is 9.55. The van der Waals surface area contributed by atoms with Crippen molar-refractivity contribution in [3.8, 4) is 0 Å². The van der Waals surface area contributed by atoms with Crippen molar-refractivity contribution in [1.82, 2.24) is 0 Å². The number of aryl methyl sites for hydroxylation is 1. The highest BCUT2D eigenvalue weighted by atomic mass is 16.5. The Kier molecular flexibility index (Phi) is 2.51.